The Labute approximate surface area is 192 Å². The van der Waals surface area contributed by atoms with Crippen molar-refractivity contribution in [2.24, 2.45) is 7.05 Å². The second kappa shape index (κ2) is 8.99. The number of hydrogen-bond acceptors (Lipinski definition) is 5. The van der Waals surface area contributed by atoms with Crippen molar-refractivity contribution >= 4 is 27.0 Å². The monoisotopic (exact) mass is 492 g/mol. The molecule has 11 heteroatoms. The van der Waals surface area contributed by atoms with Gasteiger partial charge in [-0.2, -0.15) is 18.3 Å². The lowest BCUT2D eigenvalue weighted by molar-refractivity contribution is -0.143. The molecule has 0 atom stereocenters. The molecular weight excluding hydrogens is 473 g/mol. The van der Waals surface area contributed by atoms with Crippen molar-refractivity contribution in [3.8, 4) is 10.6 Å². The normalized spacial score (nSPS) is 12.1. The SMILES string of the molecule is Cn1nc(-c2ccc(S(=O)(=O)Nc3cccc(CCc4ccccn4)c3)s2)cc1C(F)(F)F. The molecule has 1 N–H and O–H groups in total. The van der Waals surface area contributed by atoms with Crippen LogP contribution in [0.1, 0.15) is 17.0 Å². The van der Waals surface area contributed by atoms with Crippen molar-refractivity contribution in [2.75, 3.05) is 4.72 Å². The van der Waals surface area contributed by atoms with Gasteiger partial charge >= 0.3 is 6.18 Å². The number of sulfonamides is 1. The fourth-order valence-electron chi connectivity index (χ4n) is 3.27. The lowest BCUT2D eigenvalue weighted by Gasteiger charge is -2.08. The highest BCUT2D eigenvalue weighted by Crippen LogP contribution is 2.35. The summed E-state index contributed by atoms with van der Waals surface area (Å²) < 4.78 is 68.1. The first-order valence-corrected chi connectivity index (χ1v) is 12.1. The molecule has 0 saturated heterocycles. The average Bonchev–Trinajstić information content (AvgIpc) is 3.40. The van der Waals surface area contributed by atoms with E-state index in [2.05, 4.69) is 14.8 Å². The van der Waals surface area contributed by atoms with Crippen LogP contribution in [-0.4, -0.2) is 23.2 Å². The Balaban J connectivity index is 1.49. The third-order valence-corrected chi connectivity index (χ3v) is 7.82. The molecule has 0 amide bonds. The topological polar surface area (TPSA) is 76.9 Å². The van der Waals surface area contributed by atoms with Gasteiger partial charge in [-0.05, 0) is 60.9 Å². The first-order chi connectivity index (χ1) is 15.6. The summed E-state index contributed by atoms with van der Waals surface area (Å²) >= 11 is 0.855. The third-order valence-electron chi connectivity index (χ3n) is 4.84. The zero-order valence-electron chi connectivity index (χ0n) is 17.4. The zero-order valence-corrected chi connectivity index (χ0v) is 19.0. The van der Waals surface area contributed by atoms with E-state index in [0.717, 1.165) is 39.8 Å². The van der Waals surface area contributed by atoms with Gasteiger partial charge in [-0.15, -0.1) is 11.3 Å². The maximum atomic E-state index is 13.0. The van der Waals surface area contributed by atoms with E-state index in [1.807, 2.05) is 24.3 Å². The number of anilines is 1. The number of hydrogen-bond donors (Lipinski definition) is 1. The first-order valence-electron chi connectivity index (χ1n) is 9.85. The largest absolute Gasteiger partial charge is 0.433 e. The molecule has 172 valence electrons. The summed E-state index contributed by atoms with van der Waals surface area (Å²) in [5, 5.41) is 3.87. The molecule has 3 aromatic heterocycles. The molecule has 0 aliphatic rings. The number of nitrogens with zero attached hydrogens (tertiary/aromatic N) is 3. The van der Waals surface area contributed by atoms with Crippen LogP contribution in [0.25, 0.3) is 10.6 Å². The lowest BCUT2D eigenvalue weighted by atomic mass is 10.1. The minimum atomic E-state index is -4.55. The molecule has 0 aliphatic carbocycles. The summed E-state index contributed by atoms with van der Waals surface area (Å²) in [6.07, 6.45) is -1.41. The van der Waals surface area contributed by atoms with Gasteiger partial charge in [0.05, 0.1) is 4.88 Å². The maximum Gasteiger partial charge on any atom is 0.433 e. The van der Waals surface area contributed by atoms with Crippen LogP contribution < -0.4 is 4.72 Å². The van der Waals surface area contributed by atoms with Crippen molar-refractivity contribution in [1.29, 1.82) is 0 Å². The number of alkyl halides is 3. The summed E-state index contributed by atoms with van der Waals surface area (Å²) in [5.41, 5.74) is 1.45. The number of rotatable bonds is 7. The summed E-state index contributed by atoms with van der Waals surface area (Å²) in [4.78, 5) is 4.61. The van der Waals surface area contributed by atoms with Crippen LogP contribution in [0.5, 0.6) is 0 Å². The highest BCUT2D eigenvalue weighted by atomic mass is 32.2. The molecule has 33 heavy (non-hydrogen) atoms. The summed E-state index contributed by atoms with van der Waals surface area (Å²) in [5.74, 6) is 0. The van der Waals surface area contributed by atoms with E-state index in [1.54, 1.807) is 24.4 Å². The van der Waals surface area contributed by atoms with Gasteiger partial charge in [-0.3, -0.25) is 14.4 Å². The number of halogens is 3. The fourth-order valence-corrected chi connectivity index (χ4v) is 5.58. The van der Waals surface area contributed by atoms with Crippen molar-refractivity contribution < 1.29 is 21.6 Å². The van der Waals surface area contributed by atoms with Crippen LogP contribution in [0, 0.1) is 0 Å². The van der Waals surface area contributed by atoms with Crippen LogP contribution in [0.4, 0.5) is 18.9 Å². The van der Waals surface area contributed by atoms with Gasteiger partial charge < -0.3 is 0 Å². The highest BCUT2D eigenvalue weighted by molar-refractivity contribution is 7.94. The molecule has 0 unspecified atom stereocenters. The highest BCUT2D eigenvalue weighted by Gasteiger charge is 2.35. The smallest absolute Gasteiger partial charge is 0.279 e. The molecule has 4 aromatic rings. The molecule has 4 rings (SSSR count). The van der Waals surface area contributed by atoms with E-state index in [4.69, 9.17) is 0 Å². The number of benzene rings is 1. The van der Waals surface area contributed by atoms with Gasteiger partial charge in [-0.1, -0.05) is 18.2 Å². The van der Waals surface area contributed by atoms with E-state index in [-0.39, 0.29) is 9.90 Å². The van der Waals surface area contributed by atoms with Crippen molar-refractivity contribution in [1.82, 2.24) is 14.8 Å². The zero-order chi connectivity index (χ0) is 23.6. The van der Waals surface area contributed by atoms with Crippen LogP contribution in [0.2, 0.25) is 0 Å². The third kappa shape index (κ3) is 5.42. The Morgan fingerprint density at radius 1 is 1.03 bits per heavy atom. The minimum Gasteiger partial charge on any atom is -0.279 e. The first kappa shape index (κ1) is 23.0. The van der Waals surface area contributed by atoms with Gasteiger partial charge in [-0.25, -0.2) is 8.42 Å². The van der Waals surface area contributed by atoms with Crippen molar-refractivity contribution in [3.05, 3.63) is 83.8 Å². The molecular formula is C22H19F3N4O2S2. The van der Waals surface area contributed by atoms with Crippen LogP contribution in [0.15, 0.2) is 71.1 Å². The van der Waals surface area contributed by atoms with E-state index in [0.29, 0.717) is 17.0 Å². The number of aryl methyl sites for hydroxylation is 3. The number of nitrogens with one attached hydrogen (secondary N) is 1. The minimum absolute atomic E-state index is 0.0180. The quantitative estimate of drug-likeness (QED) is 0.387. The Morgan fingerprint density at radius 2 is 1.85 bits per heavy atom. The second-order valence-corrected chi connectivity index (χ2v) is 10.3. The number of thiophene rings is 1. The number of aromatic nitrogens is 3. The molecule has 0 saturated carbocycles. The molecule has 6 nitrogen and oxygen atoms in total. The Morgan fingerprint density at radius 3 is 2.55 bits per heavy atom. The predicted molar refractivity (Wildman–Crippen MR) is 120 cm³/mol. The molecule has 0 fully saturated rings. The molecule has 0 bridgehead atoms. The van der Waals surface area contributed by atoms with Crippen molar-refractivity contribution in [2.45, 2.75) is 23.2 Å². The Bertz CT molecular complexity index is 1360. The van der Waals surface area contributed by atoms with E-state index >= 15 is 0 Å². The van der Waals surface area contributed by atoms with Crippen LogP contribution in [0.3, 0.4) is 0 Å². The van der Waals surface area contributed by atoms with Gasteiger partial charge in [0, 0.05) is 24.6 Å². The molecule has 1 aromatic carbocycles. The Kier molecular flexibility index (Phi) is 6.26. The molecule has 0 aliphatic heterocycles. The Hall–Kier alpha value is -3.18. The standard InChI is InChI=1S/C22H19F3N4O2S2/c1-29-20(22(23,24)25)14-18(27-29)19-10-11-21(32-19)33(30,31)28-17-7-4-5-15(13-17)8-9-16-6-2-3-12-26-16/h2-7,10-14,28H,8-9H2,1H3. The van der Waals surface area contributed by atoms with Gasteiger partial charge in [0.1, 0.15) is 15.6 Å². The predicted octanol–water partition coefficient (Wildman–Crippen LogP) is 5.15. The van der Waals surface area contributed by atoms with Gasteiger partial charge in [0.25, 0.3) is 10.0 Å². The second-order valence-electron chi connectivity index (χ2n) is 7.28. The van der Waals surface area contributed by atoms with Gasteiger partial charge in [0.15, 0.2) is 0 Å². The summed E-state index contributed by atoms with van der Waals surface area (Å²) in [7, 11) is -2.72. The molecule has 0 radical (unpaired) electrons. The van der Waals surface area contributed by atoms with E-state index < -0.39 is 21.9 Å². The van der Waals surface area contributed by atoms with Gasteiger partial charge in [0.2, 0.25) is 0 Å². The fraction of sp³-hybridized carbons (Fsp3) is 0.182. The van der Waals surface area contributed by atoms with Crippen molar-refractivity contribution in [3.63, 3.8) is 0 Å². The van der Waals surface area contributed by atoms with Crippen LogP contribution >= 0.6 is 11.3 Å². The van der Waals surface area contributed by atoms with E-state index in [1.165, 1.54) is 19.2 Å². The molecule has 0 spiro atoms. The number of pyridine rings is 1. The van der Waals surface area contributed by atoms with E-state index in [9.17, 15) is 21.6 Å². The van der Waals surface area contributed by atoms with Crippen LogP contribution in [-0.2, 0) is 36.1 Å². The molecule has 3 heterocycles. The maximum absolute atomic E-state index is 13.0. The summed E-state index contributed by atoms with van der Waals surface area (Å²) in [6.45, 7) is 0. The average molecular weight is 493 g/mol. The lowest BCUT2D eigenvalue weighted by Crippen LogP contribution is -2.11. The summed E-state index contributed by atoms with van der Waals surface area (Å²) in [6, 6.07) is 16.5.